The summed E-state index contributed by atoms with van der Waals surface area (Å²) in [6.45, 7) is 1.61. The van der Waals surface area contributed by atoms with Gasteiger partial charge < -0.3 is 4.74 Å². The molecule has 0 spiro atoms. The van der Waals surface area contributed by atoms with E-state index in [9.17, 15) is 0 Å². The molecule has 146 valence electrons. The summed E-state index contributed by atoms with van der Waals surface area (Å²) in [5.41, 5.74) is 5.19. The fraction of sp³-hybridized carbons (Fsp3) is 0.269. The van der Waals surface area contributed by atoms with Crippen molar-refractivity contribution < 1.29 is 4.74 Å². The van der Waals surface area contributed by atoms with Crippen LogP contribution in [0.25, 0.3) is 5.57 Å². The Hall–Kier alpha value is -2.91. The van der Waals surface area contributed by atoms with E-state index < -0.39 is 0 Å². The van der Waals surface area contributed by atoms with Gasteiger partial charge in [-0.1, -0.05) is 66.7 Å². The number of hydrogen-bond donors (Lipinski definition) is 0. The Morgan fingerprint density at radius 1 is 0.897 bits per heavy atom. The molecule has 2 unspecified atom stereocenters. The molecule has 2 bridgehead atoms. The molecule has 3 nitrogen and oxygen atoms in total. The van der Waals surface area contributed by atoms with Crippen molar-refractivity contribution in [2.45, 2.75) is 44.5 Å². The van der Waals surface area contributed by atoms with E-state index >= 15 is 0 Å². The van der Waals surface area contributed by atoms with Crippen molar-refractivity contribution in [2.75, 3.05) is 0 Å². The molecule has 3 heterocycles. The highest BCUT2D eigenvalue weighted by Crippen LogP contribution is 2.39. The van der Waals surface area contributed by atoms with E-state index in [4.69, 9.17) is 4.74 Å². The van der Waals surface area contributed by atoms with Gasteiger partial charge in [0.25, 0.3) is 0 Å². The Bertz CT molecular complexity index is 984. The third-order valence-corrected chi connectivity index (χ3v) is 6.08. The summed E-state index contributed by atoms with van der Waals surface area (Å²) in [4.78, 5) is 7.12. The van der Waals surface area contributed by atoms with Gasteiger partial charge in [-0.2, -0.15) is 0 Å². The van der Waals surface area contributed by atoms with Crippen LogP contribution < -0.4 is 4.74 Å². The Kier molecular flexibility index (Phi) is 5.14. The fourth-order valence-electron chi connectivity index (χ4n) is 4.59. The van der Waals surface area contributed by atoms with Crippen molar-refractivity contribution in [3.05, 3.63) is 102 Å². The predicted octanol–water partition coefficient (Wildman–Crippen LogP) is 5.48. The smallest absolute Gasteiger partial charge is 0.138 e. The molecule has 3 heteroatoms. The van der Waals surface area contributed by atoms with Gasteiger partial charge in [-0.25, -0.2) is 0 Å². The lowest BCUT2D eigenvalue weighted by atomic mass is 9.95. The van der Waals surface area contributed by atoms with Gasteiger partial charge in [-0.05, 0) is 47.6 Å². The molecule has 2 atom stereocenters. The molecule has 2 aliphatic rings. The van der Waals surface area contributed by atoms with Crippen LogP contribution in [0.2, 0.25) is 0 Å². The summed E-state index contributed by atoms with van der Waals surface area (Å²) in [7, 11) is 0. The molecule has 1 aromatic heterocycles. The Balaban J connectivity index is 1.30. The molecule has 0 N–H and O–H groups in total. The SMILES string of the molecule is C1=C(c2cncc(OCc3ccccc3)c2)CC2CCC1N2Cc1ccccc1. The van der Waals surface area contributed by atoms with Gasteiger partial charge in [-0.3, -0.25) is 9.88 Å². The summed E-state index contributed by atoms with van der Waals surface area (Å²) in [6.07, 6.45) is 9.87. The van der Waals surface area contributed by atoms with Crippen LogP contribution in [-0.2, 0) is 13.2 Å². The van der Waals surface area contributed by atoms with Gasteiger partial charge in [0.05, 0.1) is 6.20 Å². The maximum Gasteiger partial charge on any atom is 0.138 e. The van der Waals surface area contributed by atoms with E-state index in [1.807, 2.05) is 30.6 Å². The third kappa shape index (κ3) is 4.10. The molecule has 1 saturated heterocycles. The number of hydrogen-bond acceptors (Lipinski definition) is 3. The largest absolute Gasteiger partial charge is 0.487 e. The summed E-state index contributed by atoms with van der Waals surface area (Å²) in [5.74, 6) is 0.839. The fourth-order valence-corrected chi connectivity index (χ4v) is 4.59. The van der Waals surface area contributed by atoms with E-state index in [0.717, 1.165) is 18.7 Å². The first-order valence-electron chi connectivity index (χ1n) is 10.5. The summed E-state index contributed by atoms with van der Waals surface area (Å²) in [5, 5.41) is 0. The molecular weight excluding hydrogens is 356 g/mol. The number of ether oxygens (including phenoxy) is 1. The van der Waals surface area contributed by atoms with Crippen LogP contribution in [0.1, 0.15) is 36.0 Å². The minimum atomic E-state index is 0.526. The van der Waals surface area contributed by atoms with Gasteiger partial charge in [0, 0.05) is 24.8 Å². The lowest BCUT2D eigenvalue weighted by Gasteiger charge is -2.34. The molecule has 29 heavy (non-hydrogen) atoms. The maximum absolute atomic E-state index is 5.99. The van der Waals surface area contributed by atoms with Gasteiger partial charge in [-0.15, -0.1) is 0 Å². The van der Waals surface area contributed by atoms with Crippen LogP contribution in [0.15, 0.2) is 85.2 Å². The predicted molar refractivity (Wildman–Crippen MR) is 116 cm³/mol. The first-order chi connectivity index (χ1) is 14.3. The minimum Gasteiger partial charge on any atom is -0.487 e. The lowest BCUT2D eigenvalue weighted by Crippen LogP contribution is -2.37. The van der Waals surface area contributed by atoms with Crippen LogP contribution in [0.5, 0.6) is 5.75 Å². The molecule has 1 fully saturated rings. The molecule has 2 aliphatic heterocycles. The Labute approximate surface area is 172 Å². The number of rotatable bonds is 6. The van der Waals surface area contributed by atoms with Crippen molar-refractivity contribution in [3.63, 3.8) is 0 Å². The van der Waals surface area contributed by atoms with Crippen molar-refractivity contribution in [1.82, 2.24) is 9.88 Å². The summed E-state index contributed by atoms with van der Waals surface area (Å²) < 4.78 is 5.99. The molecule has 0 aliphatic carbocycles. The molecule has 5 rings (SSSR count). The normalized spacial score (nSPS) is 21.0. The number of pyridine rings is 1. The Morgan fingerprint density at radius 3 is 2.41 bits per heavy atom. The van der Waals surface area contributed by atoms with Gasteiger partial charge in [0.2, 0.25) is 0 Å². The van der Waals surface area contributed by atoms with E-state index in [1.165, 1.54) is 35.1 Å². The lowest BCUT2D eigenvalue weighted by molar-refractivity contribution is 0.203. The molecule has 0 amide bonds. The molecule has 0 radical (unpaired) electrons. The summed E-state index contributed by atoms with van der Waals surface area (Å²) >= 11 is 0. The average molecular weight is 383 g/mol. The van der Waals surface area contributed by atoms with Crippen LogP contribution in [0, 0.1) is 0 Å². The van der Waals surface area contributed by atoms with Gasteiger partial charge >= 0.3 is 0 Å². The van der Waals surface area contributed by atoms with Gasteiger partial charge in [0.15, 0.2) is 0 Å². The zero-order valence-corrected chi connectivity index (χ0v) is 16.6. The van der Waals surface area contributed by atoms with Crippen molar-refractivity contribution in [2.24, 2.45) is 0 Å². The van der Waals surface area contributed by atoms with E-state index in [2.05, 4.69) is 64.5 Å². The van der Waals surface area contributed by atoms with Gasteiger partial charge in [0.1, 0.15) is 12.4 Å². The zero-order chi connectivity index (χ0) is 19.5. The monoisotopic (exact) mass is 382 g/mol. The highest BCUT2D eigenvalue weighted by Gasteiger charge is 2.36. The minimum absolute atomic E-state index is 0.526. The van der Waals surface area contributed by atoms with Crippen molar-refractivity contribution >= 4 is 5.57 Å². The summed E-state index contributed by atoms with van der Waals surface area (Å²) in [6, 6.07) is 24.4. The maximum atomic E-state index is 5.99. The standard InChI is InChI=1S/C26H26N2O/c1-3-7-20(8-4-1)18-28-24-11-12-25(28)14-22(13-24)23-15-26(17-27-16-23)29-19-21-9-5-2-6-10-21/h1-10,13,15-17,24-25H,11-12,14,18-19H2. The molecular formula is C26H26N2O. The van der Waals surface area contributed by atoms with E-state index in [1.54, 1.807) is 0 Å². The number of fused-ring (bicyclic) bond motifs is 2. The second-order valence-corrected chi connectivity index (χ2v) is 8.04. The molecule has 0 saturated carbocycles. The second-order valence-electron chi connectivity index (χ2n) is 8.04. The second kappa shape index (κ2) is 8.22. The topological polar surface area (TPSA) is 25.4 Å². The zero-order valence-electron chi connectivity index (χ0n) is 16.6. The third-order valence-electron chi connectivity index (χ3n) is 6.08. The first kappa shape index (κ1) is 18.1. The quantitative estimate of drug-likeness (QED) is 0.564. The van der Waals surface area contributed by atoms with Crippen molar-refractivity contribution in [3.8, 4) is 5.75 Å². The Morgan fingerprint density at radius 2 is 1.66 bits per heavy atom. The molecule has 2 aromatic carbocycles. The highest BCUT2D eigenvalue weighted by molar-refractivity contribution is 5.68. The highest BCUT2D eigenvalue weighted by atomic mass is 16.5. The number of aromatic nitrogens is 1. The first-order valence-corrected chi connectivity index (χ1v) is 10.5. The van der Waals surface area contributed by atoms with Crippen LogP contribution in [0.4, 0.5) is 0 Å². The molecule has 3 aromatic rings. The number of benzene rings is 2. The van der Waals surface area contributed by atoms with Crippen LogP contribution >= 0.6 is 0 Å². The van der Waals surface area contributed by atoms with Crippen molar-refractivity contribution in [1.29, 1.82) is 0 Å². The average Bonchev–Trinajstić information content (AvgIpc) is 3.00. The van der Waals surface area contributed by atoms with E-state index in [0.29, 0.717) is 18.7 Å². The van der Waals surface area contributed by atoms with Crippen LogP contribution in [0.3, 0.4) is 0 Å². The number of nitrogens with zero attached hydrogens (tertiary/aromatic N) is 2. The van der Waals surface area contributed by atoms with Crippen LogP contribution in [-0.4, -0.2) is 22.0 Å². The van der Waals surface area contributed by atoms with E-state index in [-0.39, 0.29) is 0 Å².